The lowest BCUT2D eigenvalue weighted by atomic mass is 9.89. The van der Waals surface area contributed by atoms with Crippen LogP contribution < -0.4 is 10.1 Å². The number of ether oxygens (including phenoxy) is 1. The number of fused-ring (bicyclic) bond motifs is 1. The number of aromatic nitrogens is 1. The number of benzene rings is 3. The molecule has 6 heteroatoms. The second-order valence-electron chi connectivity index (χ2n) is 10.5. The summed E-state index contributed by atoms with van der Waals surface area (Å²) in [7, 11) is 1.67. The summed E-state index contributed by atoms with van der Waals surface area (Å²) in [5, 5.41) is 3.99. The zero-order valence-electron chi connectivity index (χ0n) is 22.9. The van der Waals surface area contributed by atoms with Gasteiger partial charge in [-0.05, 0) is 57.5 Å². The van der Waals surface area contributed by atoms with Gasteiger partial charge in [0.25, 0.3) is 5.91 Å². The molecule has 5 rings (SSSR count). The van der Waals surface area contributed by atoms with Gasteiger partial charge in [-0.1, -0.05) is 72.3 Å². The van der Waals surface area contributed by atoms with Gasteiger partial charge in [-0.25, -0.2) is 0 Å². The van der Waals surface area contributed by atoms with Crippen LogP contribution in [0.3, 0.4) is 0 Å². The molecular weight excluding hydrogens is 486 g/mol. The molecule has 0 spiro atoms. The molecule has 0 atom stereocenters. The molecule has 0 saturated carbocycles. The third-order valence-electron chi connectivity index (χ3n) is 7.75. The fraction of sp³-hybridized carbons (Fsp3) is 0.333. The molecular formula is C33H37N3O3. The van der Waals surface area contributed by atoms with Gasteiger partial charge in [0.05, 0.1) is 18.2 Å². The average Bonchev–Trinajstić information content (AvgIpc) is 3.35. The first-order chi connectivity index (χ1) is 19.0. The fourth-order valence-corrected chi connectivity index (χ4v) is 5.67. The molecule has 0 radical (unpaired) electrons. The van der Waals surface area contributed by atoms with E-state index in [0.29, 0.717) is 12.1 Å². The largest absolute Gasteiger partial charge is 0.495 e. The van der Waals surface area contributed by atoms with E-state index in [1.54, 1.807) is 7.11 Å². The molecule has 2 heterocycles. The third kappa shape index (κ3) is 6.23. The Morgan fingerprint density at radius 2 is 1.72 bits per heavy atom. The van der Waals surface area contributed by atoms with Crippen LogP contribution in [0, 0.1) is 12.8 Å². The predicted molar refractivity (Wildman–Crippen MR) is 155 cm³/mol. The van der Waals surface area contributed by atoms with Crippen LogP contribution in [0.5, 0.6) is 5.75 Å². The van der Waals surface area contributed by atoms with Crippen molar-refractivity contribution >= 4 is 22.6 Å². The molecule has 3 aromatic carbocycles. The topological polar surface area (TPSA) is 63.6 Å². The van der Waals surface area contributed by atoms with Crippen molar-refractivity contribution in [2.45, 2.75) is 39.3 Å². The molecule has 1 amide bonds. The Morgan fingerprint density at radius 1 is 0.949 bits per heavy atom. The molecule has 1 N–H and O–H groups in total. The molecule has 1 saturated heterocycles. The summed E-state index contributed by atoms with van der Waals surface area (Å²) >= 11 is 0. The van der Waals surface area contributed by atoms with Gasteiger partial charge in [-0.2, -0.15) is 0 Å². The highest BCUT2D eigenvalue weighted by atomic mass is 16.5. The molecule has 1 aliphatic heterocycles. The molecule has 39 heavy (non-hydrogen) atoms. The summed E-state index contributed by atoms with van der Waals surface area (Å²) in [6.07, 6.45) is 4.71. The number of Topliss-reactive ketones (excluding diaryl/α,β-unsaturated/α-hetero) is 1. The molecule has 1 fully saturated rings. The molecule has 0 unspecified atom stereocenters. The quantitative estimate of drug-likeness (QED) is 0.264. The normalized spacial score (nSPS) is 14.4. The van der Waals surface area contributed by atoms with E-state index >= 15 is 0 Å². The predicted octanol–water partition coefficient (Wildman–Crippen LogP) is 5.87. The molecule has 0 bridgehead atoms. The van der Waals surface area contributed by atoms with E-state index in [9.17, 15) is 9.59 Å². The number of methoxy groups -OCH3 is 1. The number of amides is 1. The van der Waals surface area contributed by atoms with Crippen LogP contribution >= 0.6 is 0 Å². The first kappa shape index (κ1) is 26.7. The maximum absolute atomic E-state index is 13.2. The number of nitrogens with one attached hydrogen (secondary N) is 1. The minimum atomic E-state index is -0.0846. The van der Waals surface area contributed by atoms with Crippen LogP contribution in [0.4, 0.5) is 0 Å². The summed E-state index contributed by atoms with van der Waals surface area (Å²) in [5.41, 5.74) is 4.70. The van der Waals surface area contributed by atoms with Crippen molar-refractivity contribution in [2.24, 2.45) is 5.92 Å². The van der Waals surface area contributed by atoms with Gasteiger partial charge in [-0.15, -0.1) is 0 Å². The van der Waals surface area contributed by atoms with Crippen molar-refractivity contribution in [3.63, 3.8) is 0 Å². The summed E-state index contributed by atoms with van der Waals surface area (Å²) in [6.45, 7) is 6.15. The average molecular weight is 524 g/mol. The van der Waals surface area contributed by atoms with Gasteiger partial charge >= 0.3 is 0 Å². The first-order valence-corrected chi connectivity index (χ1v) is 13.8. The highest BCUT2D eigenvalue weighted by molar-refractivity contribution is 6.08. The van der Waals surface area contributed by atoms with Gasteiger partial charge in [-0.3, -0.25) is 9.59 Å². The number of aryl methyl sites for hydroxylation is 2. The lowest BCUT2D eigenvalue weighted by Gasteiger charge is -2.31. The summed E-state index contributed by atoms with van der Waals surface area (Å²) in [5.74, 6) is 1.07. The number of nitrogens with zero attached hydrogens (tertiary/aromatic N) is 2. The number of hydrogen-bond acceptors (Lipinski definition) is 4. The van der Waals surface area contributed by atoms with E-state index in [2.05, 4.69) is 33.8 Å². The van der Waals surface area contributed by atoms with E-state index in [-0.39, 0.29) is 17.6 Å². The van der Waals surface area contributed by atoms with E-state index < -0.39 is 0 Å². The zero-order valence-corrected chi connectivity index (χ0v) is 22.9. The lowest BCUT2D eigenvalue weighted by Crippen LogP contribution is -2.37. The van der Waals surface area contributed by atoms with Crippen molar-refractivity contribution in [3.05, 3.63) is 101 Å². The van der Waals surface area contributed by atoms with Gasteiger partial charge in [0, 0.05) is 36.2 Å². The number of rotatable bonds is 10. The van der Waals surface area contributed by atoms with E-state index in [4.69, 9.17) is 4.74 Å². The van der Waals surface area contributed by atoms with E-state index in [1.807, 2.05) is 66.9 Å². The minimum Gasteiger partial charge on any atom is -0.495 e. The van der Waals surface area contributed by atoms with Crippen LogP contribution in [0.15, 0.2) is 79.0 Å². The van der Waals surface area contributed by atoms with Crippen LogP contribution in [0.2, 0.25) is 0 Å². The number of piperidine rings is 1. The summed E-state index contributed by atoms with van der Waals surface area (Å²) in [6, 6.07) is 23.7. The highest BCUT2D eigenvalue weighted by Crippen LogP contribution is 2.30. The highest BCUT2D eigenvalue weighted by Gasteiger charge is 2.25. The Labute approximate surface area is 230 Å². The Bertz CT molecular complexity index is 1440. The van der Waals surface area contributed by atoms with Crippen LogP contribution in [0.25, 0.3) is 10.9 Å². The molecule has 1 aliphatic rings. The maximum atomic E-state index is 13.2. The maximum Gasteiger partial charge on any atom is 0.253 e. The van der Waals surface area contributed by atoms with Crippen molar-refractivity contribution in [1.29, 1.82) is 0 Å². The van der Waals surface area contributed by atoms with E-state index in [0.717, 1.165) is 73.2 Å². The number of para-hydroxylation sites is 1. The van der Waals surface area contributed by atoms with Crippen molar-refractivity contribution in [1.82, 2.24) is 14.8 Å². The van der Waals surface area contributed by atoms with Crippen molar-refractivity contribution < 1.29 is 14.3 Å². The second-order valence-corrected chi connectivity index (χ2v) is 10.5. The van der Waals surface area contributed by atoms with Crippen LogP contribution in [0.1, 0.15) is 51.1 Å². The number of likely N-dealkylation sites (tertiary alicyclic amines) is 1. The number of hydrogen-bond donors (Lipinski definition) is 1. The third-order valence-corrected chi connectivity index (χ3v) is 7.75. The summed E-state index contributed by atoms with van der Waals surface area (Å²) < 4.78 is 7.83. The van der Waals surface area contributed by atoms with Gasteiger partial charge in [0.2, 0.25) is 0 Å². The van der Waals surface area contributed by atoms with Crippen LogP contribution in [-0.2, 0) is 13.1 Å². The molecule has 6 nitrogen and oxygen atoms in total. The molecule has 4 aromatic rings. The molecule has 0 aliphatic carbocycles. The van der Waals surface area contributed by atoms with E-state index in [1.165, 1.54) is 5.56 Å². The number of carbonyl (C=O) groups excluding carboxylic acids is 2. The van der Waals surface area contributed by atoms with Gasteiger partial charge in [0.15, 0.2) is 5.78 Å². The Hall–Kier alpha value is -3.90. The minimum absolute atomic E-state index is 0.0846. The Balaban J connectivity index is 1.21. The standard InChI is InChI=1S/C33H37N3O3/c1-24-9-6-10-25(21-24)22-34-33(38)29-23-36(31-28(29)13-7-14-30(31)39-2)18-8-17-35-19-15-27(16-20-35)32(37)26-11-4-3-5-12-26/h3-7,9-14,21,23,27H,8,15-20,22H2,1-2H3,(H,34,38). The fourth-order valence-electron chi connectivity index (χ4n) is 5.67. The van der Waals surface area contributed by atoms with Crippen molar-refractivity contribution in [3.8, 4) is 5.75 Å². The first-order valence-electron chi connectivity index (χ1n) is 13.8. The monoisotopic (exact) mass is 523 g/mol. The SMILES string of the molecule is COc1cccc2c(C(=O)NCc3cccc(C)c3)cn(CCCN3CCC(C(=O)c4ccccc4)CC3)c12. The number of ketones is 1. The Kier molecular flexibility index (Phi) is 8.42. The molecule has 1 aromatic heterocycles. The molecule has 202 valence electrons. The Morgan fingerprint density at radius 3 is 2.46 bits per heavy atom. The van der Waals surface area contributed by atoms with Gasteiger partial charge < -0.3 is 19.5 Å². The van der Waals surface area contributed by atoms with Crippen LogP contribution in [-0.4, -0.2) is 47.9 Å². The van der Waals surface area contributed by atoms with Gasteiger partial charge in [0.1, 0.15) is 5.75 Å². The van der Waals surface area contributed by atoms with Crippen molar-refractivity contribution in [2.75, 3.05) is 26.7 Å². The second kappa shape index (κ2) is 12.3. The smallest absolute Gasteiger partial charge is 0.253 e. The lowest BCUT2D eigenvalue weighted by molar-refractivity contribution is 0.0838. The number of carbonyl (C=O) groups is 2. The summed E-state index contributed by atoms with van der Waals surface area (Å²) in [4.78, 5) is 28.5. The zero-order chi connectivity index (χ0) is 27.2.